The van der Waals surface area contributed by atoms with Crippen molar-refractivity contribution < 1.29 is 18.3 Å². The molecule has 4 N–H and O–H groups in total. The molecule has 0 atom stereocenters. The summed E-state index contributed by atoms with van der Waals surface area (Å²) in [6.07, 6.45) is 1.32. The second-order valence-electron chi connectivity index (χ2n) is 3.60. The number of nitrogens with zero attached hydrogens (tertiary/aromatic N) is 1. The Morgan fingerprint density at radius 1 is 1.26 bits per heavy atom. The summed E-state index contributed by atoms with van der Waals surface area (Å²) >= 11 is 0. The van der Waals surface area contributed by atoms with E-state index in [2.05, 4.69) is 4.98 Å². The summed E-state index contributed by atoms with van der Waals surface area (Å²) in [6.45, 7) is 0. The molecule has 2 aromatic rings. The molecule has 0 aliphatic heterocycles. The first-order chi connectivity index (χ1) is 9.00. The number of carbonyl (C=O) groups is 1. The van der Waals surface area contributed by atoms with Gasteiger partial charge in [-0.2, -0.15) is 4.39 Å². The van der Waals surface area contributed by atoms with Crippen LogP contribution in [0.5, 0.6) is 11.5 Å². The highest BCUT2D eigenvalue weighted by Gasteiger charge is 2.17. The number of hydrogen-bond donors (Lipinski definition) is 2. The van der Waals surface area contributed by atoms with Crippen LogP contribution in [0.25, 0.3) is 0 Å². The summed E-state index contributed by atoms with van der Waals surface area (Å²) in [7, 11) is 0. The molecule has 1 amide bonds. The van der Waals surface area contributed by atoms with Crippen molar-refractivity contribution in [3.63, 3.8) is 0 Å². The van der Waals surface area contributed by atoms with Gasteiger partial charge in [0.05, 0.1) is 5.69 Å². The second kappa shape index (κ2) is 4.89. The van der Waals surface area contributed by atoms with Crippen molar-refractivity contribution in [2.45, 2.75) is 0 Å². The standard InChI is InChI=1S/C12H9F2N3O2/c13-6-3-4-7(15)11(9(6)14)19-8-2-1-5-17-10(8)12(16)18/h1-5H,15H2,(H2,16,18). The Labute approximate surface area is 106 Å². The summed E-state index contributed by atoms with van der Waals surface area (Å²) in [6, 6.07) is 4.82. The lowest BCUT2D eigenvalue weighted by molar-refractivity contribution is 0.0993. The molecule has 0 saturated heterocycles. The number of anilines is 1. The Hall–Kier alpha value is -2.70. The molecule has 0 unspecified atom stereocenters. The predicted molar refractivity (Wildman–Crippen MR) is 63.6 cm³/mol. The van der Waals surface area contributed by atoms with Crippen LogP contribution in [0.2, 0.25) is 0 Å². The first kappa shape index (κ1) is 12.7. The molecule has 0 saturated carbocycles. The molecule has 2 rings (SSSR count). The minimum atomic E-state index is -1.25. The Balaban J connectivity index is 2.48. The summed E-state index contributed by atoms with van der Waals surface area (Å²) in [5, 5.41) is 0. The fourth-order valence-electron chi connectivity index (χ4n) is 1.42. The molecule has 7 heteroatoms. The Morgan fingerprint density at radius 3 is 2.68 bits per heavy atom. The lowest BCUT2D eigenvalue weighted by Crippen LogP contribution is -2.14. The van der Waals surface area contributed by atoms with Crippen molar-refractivity contribution in [2.24, 2.45) is 5.73 Å². The third kappa shape index (κ3) is 2.44. The maximum absolute atomic E-state index is 13.6. The monoisotopic (exact) mass is 265 g/mol. The minimum absolute atomic E-state index is 0.105. The topological polar surface area (TPSA) is 91.2 Å². The second-order valence-corrected chi connectivity index (χ2v) is 3.60. The average Bonchev–Trinajstić information content (AvgIpc) is 2.39. The smallest absolute Gasteiger partial charge is 0.271 e. The van der Waals surface area contributed by atoms with Crippen molar-refractivity contribution in [2.75, 3.05) is 5.73 Å². The van der Waals surface area contributed by atoms with E-state index in [-0.39, 0.29) is 17.1 Å². The molecular weight excluding hydrogens is 256 g/mol. The molecule has 1 heterocycles. The van der Waals surface area contributed by atoms with Crippen molar-refractivity contribution >= 4 is 11.6 Å². The van der Waals surface area contributed by atoms with Crippen LogP contribution < -0.4 is 16.2 Å². The van der Waals surface area contributed by atoms with Crippen LogP contribution in [0.1, 0.15) is 10.5 Å². The fourth-order valence-corrected chi connectivity index (χ4v) is 1.42. The number of amides is 1. The first-order valence-corrected chi connectivity index (χ1v) is 5.17. The first-order valence-electron chi connectivity index (χ1n) is 5.17. The number of ether oxygens (including phenoxy) is 1. The van der Waals surface area contributed by atoms with Gasteiger partial charge in [-0.05, 0) is 24.3 Å². The van der Waals surface area contributed by atoms with Gasteiger partial charge in [-0.15, -0.1) is 0 Å². The number of hydrogen-bond acceptors (Lipinski definition) is 4. The molecule has 0 bridgehead atoms. The molecule has 0 fully saturated rings. The van der Waals surface area contributed by atoms with E-state index in [4.69, 9.17) is 16.2 Å². The number of nitrogen functional groups attached to an aromatic ring is 1. The van der Waals surface area contributed by atoms with E-state index in [1.54, 1.807) is 0 Å². The summed E-state index contributed by atoms with van der Waals surface area (Å²) in [5.41, 5.74) is 10.3. The van der Waals surface area contributed by atoms with Crippen LogP contribution >= 0.6 is 0 Å². The van der Waals surface area contributed by atoms with E-state index >= 15 is 0 Å². The van der Waals surface area contributed by atoms with Gasteiger partial charge in [0.15, 0.2) is 23.0 Å². The van der Waals surface area contributed by atoms with Crippen LogP contribution in [-0.4, -0.2) is 10.9 Å². The van der Waals surface area contributed by atoms with E-state index in [0.29, 0.717) is 0 Å². The number of carbonyl (C=O) groups excluding carboxylic acids is 1. The summed E-state index contributed by atoms with van der Waals surface area (Å²) in [5.74, 6) is -3.85. The number of halogens is 2. The van der Waals surface area contributed by atoms with Crippen molar-refractivity contribution in [1.29, 1.82) is 0 Å². The molecule has 5 nitrogen and oxygen atoms in total. The quantitative estimate of drug-likeness (QED) is 0.828. The molecule has 98 valence electrons. The van der Waals surface area contributed by atoms with Crippen molar-refractivity contribution in [3.05, 3.63) is 47.8 Å². The van der Waals surface area contributed by atoms with E-state index in [0.717, 1.165) is 12.1 Å². The van der Waals surface area contributed by atoms with Crippen LogP contribution in [-0.2, 0) is 0 Å². The van der Waals surface area contributed by atoms with E-state index in [9.17, 15) is 13.6 Å². The largest absolute Gasteiger partial charge is 0.449 e. The van der Waals surface area contributed by atoms with Crippen LogP contribution in [0.15, 0.2) is 30.5 Å². The third-order valence-electron chi connectivity index (χ3n) is 2.30. The van der Waals surface area contributed by atoms with Gasteiger partial charge >= 0.3 is 0 Å². The highest BCUT2D eigenvalue weighted by Crippen LogP contribution is 2.32. The van der Waals surface area contributed by atoms with Crippen molar-refractivity contribution in [3.8, 4) is 11.5 Å². The van der Waals surface area contributed by atoms with Gasteiger partial charge in [0.2, 0.25) is 5.82 Å². The summed E-state index contributed by atoms with van der Waals surface area (Å²) < 4.78 is 31.8. The Kier molecular flexibility index (Phi) is 3.28. The SMILES string of the molecule is NC(=O)c1ncccc1Oc1c(N)ccc(F)c1F. The Morgan fingerprint density at radius 2 is 2.00 bits per heavy atom. The number of aromatic nitrogens is 1. The number of rotatable bonds is 3. The van der Waals surface area contributed by atoms with Gasteiger partial charge in [0.1, 0.15) is 0 Å². The number of primary amides is 1. The summed E-state index contributed by atoms with van der Waals surface area (Å²) in [4.78, 5) is 14.8. The van der Waals surface area contributed by atoms with Gasteiger partial charge in [-0.1, -0.05) is 0 Å². The molecule has 0 aliphatic carbocycles. The molecule has 1 aromatic heterocycles. The van der Waals surface area contributed by atoms with E-state index in [1.165, 1.54) is 18.3 Å². The van der Waals surface area contributed by atoms with E-state index in [1.807, 2.05) is 0 Å². The zero-order valence-corrected chi connectivity index (χ0v) is 9.56. The average molecular weight is 265 g/mol. The van der Waals surface area contributed by atoms with E-state index < -0.39 is 23.3 Å². The minimum Gasteiger partial charge on any atom is -0.449 e. The normalized spacial score (nSPS) is 10.2. The zero-order valence-electron chi connectivity index (χ0n) is 9.56. The number of benzene rings is 1. The maximum atomic E-state index is 13.6. The van der Waals surface area contributed by atoms with Crippen LogP contribution in [0.3, 0.4) is 0 Å². The highest BCUT2D eigenvalue weighted by atomic mass is 19.2. The Bertz CT molecular complexity index is 647. The molecule has 0 aliphatic rings. The molecule has 0 spiro atoms. The van der Waals surface area contributed by atoms with Crippen LogP contribution in [0.4, 0.5) is 14.5 Å². The number of nitrogens with two attached hydrogens (primary N) is 2. The molecular formula is C12H9F2N3O2. The molecule has 19 heavy (non-hydrogen) atoms. The zero-order chi connectivity index (χ0) is 14.0. The maximum Gasteiger partial charge on any atom is 0.271 e. The van der Waals surface area contributed by atoms with Gasteiger partial charge in [0, 0.05) is 6.20 Å². The third-order valence-corrected chi connectivity index (χ3v) is 2.30. The molecule has 0 radical (unpaired) electrons. The van der Waals surface area contributed by atoms with Gasteiger partial charge in [0.25, 0.3) is 5.91 Å². The highest BCUT2D eigenvalue weighted by molar-refractivity contribution is 5.93. The van der Waals surface area contributed by atoms with Gasteiger partial charge in [-0.25, -0.2) is 9.37 Å². The fraction of sp³-hybridized carbons (Fsp3) is 0. The lowest BCUT2D eigenvalue weighted by Gasteiger charge is -2.11. The van der Waals surface area contributed by atoms with Crippen LogP contribution in [0, 0.1) is 11.6 Å². The van der Waals surface area contributed by atoms with Gasteiger partial charge in [-0.3, -0.25) is 4.79 Å². The van der Waals surface area contributed by atoms with Gasteiger partial charge < -0.3 is 16.2 Å². The molecule has 1 aromatic carbocycles. The number of pyridine rings is 1. The predicted octanol–water partition coefficient (Wildman–Crippen LogP) is 1.83. The lowest BCUT2D eigenvalue weighted by atomic mass is 10.2. The van der Waals surface area contributed by atoms with Crippen molar-refractivity contribution in [1.82, 2.24) is 4.98 Å².